The first kappa shape index (κ1) is 18.1. The zero-order valence-electron chi connectivity index (χ0n) is 15.5. The molecule has 1 aromatic heterocycles. The van der Waals surface area contributed by atoms with Gasteiger partial charge in [0.25, 0.3) is 0 Å². The van der Waals surface area contributed by atoms with Crippen molar-refractivity contribution in [2.45, 2.75) is 25.3 Å². The molecule has 0 bridgehead atoms. The highest BCUT2D eigenvalue weighted by atomic mass is 35.5. The normalized spacial score (nSPS) is 15.8. The summed E-state index contributed by atoms with van der Waals surface area (Å²) in [6.07, 6.45) is 4.41. The molecule has 0 spiro atoms. The molecular formula is C22H24ClN3O. The van der Waals surface area contributed by atoms with Crippen LogP contribution in [0.3, 0.4) is 0 Å². The number of ether oxygens (including phenoxy) is 1. The third kappa shape index (κ3) is 4.18. The minimum atomic E-state index is 0.606. The number of nitrogens with one attached hydrogen (secondary N) is 1. The first-order chi connectivity index (χ1) is 13.2. The van der Waals surface area contributed by atoms with Crippen LogP contribution in [0.2, 0.25) is 5.02 Å². The molecule has 0 atom stereocenters. The fourth-order valence-electron chi connectivity index (χ4n) is 3.77. The van der Waals surface area contributed by atoms with E-state index in [1.807, 2.05) is 24.4 Å². The minimum absolute atomic E-state index is 0.606. The summed E-state index contributed by atoms with van der Waals surface area (Å²) in [5.74, 6) is 2.19. The van der Waals surface area contributed by atoms with E-state index in [9.17, 15) is 0 Å². The number of aromatic nitrogens is 2. The predicted octanol–water partition coefficient (Wildman–Crippen LogP) is 5.12. The summed E-state index contributed by atoms with van der Waals surface area (Å²) in [7, 11) is 1.62. The monoisotopic (exact) mass is 381 g/mol. The molecule has 0 saturated carbocycles. The zero-order chi connectivity index (χ0) is 18.6. The molecule has 3 aromatic rings. The van der Waals surface area contributed by atoms with E-state index >= 15 is 0 Å². The number of piperidine rings is 1. The summed E-state index contributed by atoms with van der Waals surface area (Å²) in [4.78, 5) is 10.5. The van der Waals surface area contributed by atoms with Gasteiger partial charge in [0.15, 0.2) is 0 Å². The molecule has 2 heterocycles. The average Bonchev–Trinajstić information content (AvgIpc) is 3.18. The van der Waals surface area contributed by atoms with Crippen molar-refractivity contribution in [1.82, 2.24) is 14.9 Å². The van der Waals surface area contributed by atoms with Gasteiger partial charge in [0.2, 0.25) is 0 Å². The smallest absolute Gasteiger partial charge is 0.138 e. The number of benzene rings is 2. The number of hydrogen-bond acceptors (Lipinski definition) is 3. The molecule has 27 heavy (non-hydrogen) atoms. The number of likely N-dealkylation sites (tertiary alicyclic amines) is 1. The topological polar surface area (TPSA) is 41.1 Å². The number of rotatable bonds is 5. The van der Waals surface area contributed by atoms with Crippen LogP contribution in [-0.4, -0.2) is 35.1 Å². The molecule has 2 aromatic carbocycles. The molecule has 140 valence electrons. The second-order valence-electron chi connectivity index (χ2n) is 7.05. The number of halogens is 1. The van der Waals surface area contributed by atoms with Crippen LogP contribution in [0, 0.1) is 0 Å². The summed E-state index contributed by atoms with van der Waals surface area (Å²) < 4.78 is 5.30. The molecule has 0 amide bonds. The second-order valence-corrected chi connectivity index (χ2v) is 7.46. The van der Waals surface area contributed by atoms with Gasteiger partial charge in [-0.15, -0.1) is 0 Å². The lowest BCUT2D eigenvalue weighted by Gasteiger charge is -2.31. The number of methoxy groups -OCH3 is 1. The molecule has 0 radical (unpaired) electrons. The number of nitrogens with zero attached hydrogens (tertiary/aromatic N) is 2. The summed E-state index contributed by atoms with van der Waals surface area (Å²) in [6.45, 7) is 3.09. The highest BCUT2D eigenvalue weighted by Crippen LogP contribution is 2.30. The minimum Gasteiger partial charge on any atom is -0.495 e. The maximum Gasteiger partial charge on any atom is 0.138 e. The molecule has 5 heteroatoms. The summed E-state index contributed by atoms with van der Waals surface area (Å²) in [5, 5.41) is 0.606. The number of aromatic amines is 1. The second kappa shape index (κ2) is 8.15. The first-order valence-corrected chi connectivity index (χ1v) is 9.76. The number of H-pyrrole nitrogens is 1. The molecule has 0 unspecified atom stereocenters. The lowest BCUT2D eigenvalue weighted by atomic mass is 9.89. The van der Waals surface area contributed by atoms with Crippen molar-refractivity contribution in [1.29, 1.82) is 0 Å². The van der Waals surface area contributed by atoms with Crippen LogP contribution in [0.25, 0.3) is 11.4 Å². The van der Waals surface area contributed by atoms with Crippen LogP contribution in [0.4, 0.5) is 0 Å². The Morgan fingerprint density at radius 2 is 1.93 bits per heavy atom. The maximum atomic E-state index is 6.11. The molecule has 1 N–H and O–H groups in total. The largest absolute Gasteiger partial charge is 0.495 e. The van der Waals surface area contributed by atoms with E-state index < -0.39 is 0 Å². The van der Waals surface area contributed by atoms with Crippen molar-refractivity contribution in [3.63, 3.8) is 0 Å². The van der Waals surface area contributed by atoms with Gasteiger partial charge in [0, 0.05) is 18.3 Å². The van der Waals surface area contributed by atoms with Gasteiger partial charge in [-0.2, -0.15) is 0 Å². The fraction of sp³-hybridized carbons (Fsp3) is 0.318. The van der Waals surface area contributed by atoms with E-state index in [0.717, 1.165) is 36.7 Å². The van der Waals surface area contributed by atoms with E-state index in [-0.39, 0.29) is 0 Å². The molecule has 1 aliphatic heterocycles. The maximum absolute atomic E-state index is 6.11. The summed E-state index contributed by atoms with van der Waals surface area (Å²) in [5.41, 5.74) is 3.51. The predicted molar refractivity (Wildman–Crippen MR) is 109 cm³/mol. The van der Waals surface area contributed by atoms with Crippen molar-refractivity contribution in [3.8, 4) is 17.1 Å². The van der Waals surface area contributed by atoms with Crippen molar-refractivity contribution in [2.24, 2.45) is 0 Å². The van der Waals surface area contributed by atoms with Crippen LogP contribution in [0.15, 0.2) is 54.7 Å². The van der Waals surface area contributed by atoms with Gasteiger partial charge < -0.3 is 9.72 Å². The van der Waals surface area contributed by atoms with Crippen LogP contribution < -0.4 is 4.74 Å². The van der Waals surface area contributed by atoms with Crippen LogP contribution >= 0.6 is 11.6 Å². The Kier molecular flexibility index (Phi) is 5.46. The van der Waals surface area contributed by atoms with E-state index in [1.54, 1.807) is 7.11 Å². The van der Waals surface area contributed by atoms with Gasteiger partial charge in [0.05, 0.1) is 17.8 Å². The number of imidazole rings is 1. The Morgan fingerprint density at radius 1 is 1.15 bits per heavy atom. The highest BCUT2D eigenvalue weighted by Gasteiger charge is 2.21. The van der Waals surface area contributed by atoms with E-state index in [0.29, 0.717) is 16.7 Å². The van der Waals surface area contributed by atoms with E-state index in [1.165, 1.54) is 18.4 Å². The third-order valence-electron chi connectivity index (χ3n) is 5.30. The van der Waals surface area contributed by atoms with Crippen molar-refractivity contribution >= 4 is 11.6 Å². The van der Waals surface area contributed by atoms with Crippen LogP contribution in [0.1, 0.15) is 30.0 Å². The fourth-order valence-corrected chi connectivity index (χ4v) is 3.97. The van der Waals surface area contributed by atoms with E-state index in [2.05, 4.69) is 40.2 Å². The summed E-state index contributed by atoms with van der Waals surface area (Å²) >= 11 is 6.11. The quantitative estimate of drug-likeness (QED) is 0.667. The Balaban J connectivity index is 1.38. The molecule has 1 saturated heterocycles. The molecule has 0 aliphatic carbocycles. The molecule has 1 fully saturated rings. The number of hydrogen-bond donors (Lipinski definition) is 1. The van der Waals surface area contributed by atoms with Gasteiger partial charge in [0.1, 0.15) is 11.6 Å². The Labute approximate surface area is 165 Å². The van der Waals surface area contributed by atoms with Crippen LogP contribution in [-0.2, 0) is 6.54 Å². The van der Waals surface area contributed by atoms with Gasteiger partial charge in [-0.1, -0.05) is 41.9 Å². The standard InChI is InChI=1S/C22H24ClN3O/c1-27-21-13-18(7-8-20(21)23)22-24-14-19(25-22)15-26-11-9-17(10-12-26)16-5-3-2-4-6-16/h2-8,13-14,17H,9-12,15H2,1H3,(H,24,25). The van der Waals surface area contributed by atoms with Gasteiger partial charge in [-0.25, -0.2) is 4.98 Å². The molecule has 4 nitrogen and oxygen atoms in total. The van der Waals surface area contributed by atoms with Gasteiger partial charge in [-0.3, -0.25) is 4.90 Å². The van der Waals surface area contributed by atoms with Crippen molar-refractivity contribution in [2.75, 3.05) is 20.2 Å². The van der Waals surface area contributed by atoms with Crippen molar-refractivity contribution < 1.29 is 4.74 Å². The lowest BCUT2D eigenvalue weighted by Crippen LogP contribution is -2.32. The highest BCUT2D eigenvalue weighted by molar-refractivity contribution is 6.32. The van der Waals surface area contributed by atoms with Crippen molar-refractivity contribution in [3.05, 3.63) is 71.0 Å². The molecular weight excluding hydrogens is 358 g/mol. The SMILES string of the molecule is COc1cc(-c2nc(CN3CCC(c4ccccc4)CC3)c[nH]2)ccc1Cl. The zero-order valence-corrected chi connectivity index (χ0v) is 16.2. The Hall–Kier alpha value is -2.30. The molecule has 1 aliphatic rings. The van der Waals surface area contributed by atoms with Crippen LogP contribution in [0.5, 0.6) is 5.75 Å². The summed E-state index contributed by atoms with van der Waals surface area (Å²) in [6, 6.07) is 16.6. The lowest BCUT2D eigenvalue weighted by molar-refractivity contribution is 0.203. The molecule has 4 rings (SSSR count). The van der Waals surface area contributed by atoms with E-state index in [4.69, 9.17) is 21.3 Å². The van der Waals surface area contributed by atoms with Gasteiger partial charge in [-0.05, 0) is 55.6 Å². The first-order valence-electron chi connectivity index (χ1n) is 9.38. The average molecular weight is 382 g/mol. The third-order valence-corrected chi connectivity index (χ3v) is 5.61. The Morgan fingerprint density at radius 3 is 2.67 bits per heavy atom. The Bertz CT molecular complexity index is 886. The van der Waals surface area contributed by atoms with Gasteiger partial charge >= 0.3 is 0 Å².